The quantitative estimate of drug-likeness (QED) is 0.578. The lowest BCUT2D eigenvalue weighted by Crippen LogP contribution is -2.34. The summed E-state index contributed by atoms with van der Waals surface area (Å²) in [4.78, 5) is 5.44. The molecule has 1 aromatic rings. The highest BCUT2D eigenvalue weighted by Crippen LogP contribution is 2.27. The number of halogens is 1. The third-order valence-electron chi connectivity index (χ3n) is 2.33. The standard InChI is InChI=1S/C12H18ClN5/c1-3-6-18(12(16)17-11(14)15)10-5-4-8(2)7-9(10)13/h4-5,7H,3,6H2,1-2H3,(H5,14,15,16,17). The second-order valence-corrected chi connectivity index (χ2v) is 4.37. The van der Waals surface area contributed by atoms with Gasteiger partial charge in [-0.1, -0.05) is 24.6 Å². The fourth-order valence-corrected chi connectivity index (χ4v) is 1.91. The SMILES string of the molecule is CCCN(C(=N)N=C(N)N)c1ccc(C)cc1Cl. The number of hydrogen-bond donors (Lipinski definition) is 3. The van der Waals surface area contributed by atoms with Crippen molar-refractivity contribution in [1.29, 1.82) is 5.41 Å². The Kier molecular flexibility index (Phi) is 4.97. The number of rotatable bonds is 3. The Bertz CT molecular complexity index is 466. The van der Waals surface area contributed by atoms with Gasteiger partial charge in [0.2, 0.25) is 5.96 Å². The number of hydrogen-bond acceptors (Lipinski definition) is 1. The van der Waals surface area contributed by atoms with Crippen LogP contribution in [0.4, 0.5) is 5.69 Å². The first-order valence-electron chi connectivity index (χ1n) is 5.67. The van der Waals surface area contributed by atoms with Crippen molar-refractivity contribution < 1.29 is 0 Å². The van der Waals surface area contributed by atoms with Crippen molar-refractivity contribution in [2.24, 2.45) is 16.5 Å². The molecule has 5 nitrogen and oxygen atoms in total. The average Bonchev–Trinajstić information content (AvgIpc) is 2.25. The summed E-state index contributed by atoms with van der Waals surface area (Å²) >= 11 is 6.19. The summed E-state index contributed by atoms with van der Waals surface area (Å²) in [6.07, 6.45) is 0.854. The normalized spacial score (nSPS) is 9.94. The van der Waals surface area contributed by atoms with Gasteiger partial charge in [0.15, 0.2) is 5.96 Å². The van der Waals surface area contributed by atoms with E-state index in [-0.39, 0.29) is 11.9 Å². The number of nitrogens with two attached hydrogens (primary N) is 2. The Hall–Kier alpha value is -1.75. The highest BCUT2D eigenvalue weighted by Gasteiger charge is 2.14. The Morgan fingerprint density at radius 1 is 1.44 bits per heavy atom. The highest BCUT2D eigenvalue weighted by atomic mass is 35.5. The minimum absolute atomic E-state index is 0.0115. The van der Waals surface area contributed by atoms with E-state index in [9.17, 15) is 0 Å². The fraction of sp³-hybridized carbons (Fsp3) is 0.333. The van der Waals surface area contributed by atoms with Gasteiger partial charge in [-0.3, -0.25) is 5.41 Å². The van der Waals surface area contributed by atoms with Gasteiger partial charge < -0.3 is 16.4 Å². The molecule has 0 saturated heterocycles. The molecule has 0 unspecified atom stereocenters. The van der Waals surface area contributed by atoms with Crippen molar-refractivity contribution in [3.05, 3.63) is 28.8 Å². The van der Waals surface area contributed by atoms with Gasteiger partial charge >= 0.3 is 0 Å². The summed E-state index contributed by atoms with van der Waals surface area (Å²) in [6.45, 7) is 4.59. The van der Waals surface area contributed by atoms with E-state index in [1.807, 2.05) is 32.0 Å². The van der Waals surface area contributed by atoms with E-state index in [1.54, 1.807) is 4.90 Å². The molecule has 0 radical (unpaired) electrons. The van der Waals surface area contributed by atoms with Crippen LogP contribution in [-0.2, 0) is 0 Å². The summed E-state index contributed by atoms with van der Waals surface area (Å²) in [5, 5.41) is 8.47. The van der Waals surface area contributed by atoms with Crippen molar-refractivity contribution in [3.63, 3.8) is 0 Å². The van der Waals surface area contributed by atoms with Gasteiger partial charge in [-0.15, -0.1) is 0 Å². The minimum Gasteiger partial charge on any atom is -0.370 e. The molecule has 5 N–H and O–H groups in total. The molecule has 0 atom stereocenters. The van der Waals surface area contributed by atoms with E-state index in [0.29, 0.717) is 11.6 Å². The number of aryl methyl sites for hydroxylation is 1. The van der Waals surface area contributed by atoms with E-state index >= 15 is 0 Å². The maximum atomic E-state index is 7.89. The summed E-state index contributed by atoms with van der Waals surface area (Å²) < 4.78 is 0. The van der Waals surface area contributed by atoms with Crippen LogP contribution in [0.1, 0.15) is 18.9 Å². The molecule has 0 heterocycles. The molecule has 0 fully saturated rings. The fourth-order valence-electron chi connectivity index (χ4n) is 1.58. The summed E-state index contributed by atoms with van der Waals surface area (Å²) in [5.41, 5.74) is 12.4. The largest absolute Gasteiger partial charge is 0.370 e. The van der Waals surface area contributed by atoms with Gasteiger partial charge in [-0.05, 0) is 31.0 Å². The molecule has 6 heteroatoms. The average molecular weight is 268 g/mol. The number of benzene rings is 1. The first-order valence-corrected chi connectivity index (χ1v) is 6.05. The topological polar surface area (TPSA) is 91.5 Å². The van der Waals surface area contributed by atoms with Gasteiger partial charge in [0.25, 0.3) is 0 Å². The van der Waals surface area contributed by atoms with Crippen LogP contribution in [0.2, 0.25) is 5.02 Å². The molecular formula is C12H18ClN5. The van der Waals surface area contributed by atoms with E-state index in [4.69, 9.17) is 28.5 Å². The zero-order valence-corrected chi connectivity index (χ0v) is 11.3. The molecular weight excluding hydrogens is 250 g/mol. The molecule has 0 aliphatic rings. The summed E-state index contributed by atoms with van der Waals surface area (Å²) in [6, 6.07) is 5.65. The molecule has 1 rings (SSSR count). The van der Waals surface area contributed by atoms with Crippen LogP contribution in [0, 0.1) is 12.3 Å². The van der Waals surface area contributed by atoms with Crippen molar-refractivity contribution >= 4 is 29.2 Å². The summed E-state index contributed by atoms with van der Waals surface area (Å²) in [5.74, 6) is -0.146. The molecule has 1 aromatic carbocycles. The Morgan fingerprint density at radius 2 is 2.11 bits per heavy atom. The molecule has 0 aliphatic carbocycles. The number of anilines is 1. The predicted molar refractivity (Wildman–Crippen MR) is 77.4 cm³/mol. The lowest BCUT2D eigenvalue weighted by atomic mass is 10.2. The lowest BCUT2D eigenvalue weighted by Gasteiger charge is -2.23. The van der Waals surface area contributed by atoms with E-state index in [0.717, 1.165) is 17.7 Å². The number of guanidine groups is 2. The van der Waals surface area contributed by atoms with Crippen molar-refractivity contribution in [1.82, 2.24) is 0 Å². The molecule has 0 saturated carbocycles. The van der Waals surface area contributed by atoms with Crippen LogP contribution in [0.15, 0.2) is 23.2 Å². The van der Waals surface area contributed by atoms with Gasteiger partial charge in [0.1, 0.15) is 0 Å². The molecule has 0 spiro atoms. The van der Waals surface area contributed by atoms with Crippen LogP contribution in [0.25, 0.3) is 0 Å². The van der Waals surface area contributed by atoms with Crippen molar-refractivity contribution in [3.8, 4) is 0 Å². The third-order valence-corrected chi connectivity index (χ3v) is 2.63. The van der Waals surface area contributed by atoms with Gasteiger partial charge in [-0.2, -0.15) is 4.99 Å². The number of aliphatic imine (C=N–C) groups is 1. The van der Waals surface area contributed by atoms with E-state index in [2.05, 4.69) is 4.99 Å². The summed E-state index contributed by atoms with van der Waals surface area (Å²) in [7, 11) is 0. The smallest absolute Gasteiger partial charge is 0.225 e. The maximum absolute atomic E-state index is 7.89. The van der Waals surface area contributed by atoms with Crippen LogP contribution < -0.4 is 16.4 Å². The van der Waals surface area contributed by atoms with Crippen molar-refractivity contribution in [2.75, 3.05) is 11.4 Å². The number of nitrogens with one attached hydrogen (secondary N) is 1. The second kappa shape index (κ2) is 6.26. The molecule has 0 aromatic heterocycles. The zero-order valence-electron chi connectivity index (χ0n) is 10.6. The van der Waals surface area contributed by atoms with Crippen LogP contribution in [0.5, 0.6) is 0 Å². The predicted octanol–water partition coefficient (Wildman–Crippen LogP) is 2.07. The van der Waals surface area contributed by atoms with Gasteiger partial charge in [0, 0.05) is 6.54 Å². The monoisotopic (exact) mass is 267 g/mol. The Balaban J connectivity index is 3.11. The zero-order chi connectivity index (χ0) is 13.7. The number of nitrogens with zero attached hydrogens (tertiary/aromatic N) is 2. The second-order valence-electron chi connectivity index (χ2n) is 3.97. The van der Waals surface area contributed by atoms with E-state index in [1.165, 1.54) is 0 Å². The van der Waals surface area contributed by atoms with E-state index < -0.39 is 0 Å². The first kappa shape index (κ1) is 14.3. The van der Waals surface area contributed by atoms with Crippen LogP contribution in [-0.4, -0.2) is 18.5 Å². The molecule has 0 amide bonds. The van der Waals surface area contributed by atoms with Crippen LogP contribution in [0.3, 0.4) is 0 Å². The third kappa shape index (κ3) is 3.63. The molecule has 0 bridgehead atoms. The lowest BCUT2D eigenvalue weighted by molar-refractivity contribution is 0.893. The van der Waals surface area contributed by atoms with Gasteiger partial charge in [0.05, 0.1) is 10.7 Å². The molecule has 18 heavy (non-hydrogen) atoms. The Morgan fingerprint density at radius 3 is 2.61 bits per heavy atom. The first-order chi connectivity index (χ1) is 8.45. The van der Waals surface area contributed by atoms with Crippen molar-refractivity contribution in [2.45, 2.75) is 20.3 Å². The highest BCUT2D eigenvalue weighted by molar-refractivity contribution is 6.34. The van der Waals surface area contributed by atoms with Gasteiger partial charge in [-0.25, -0.2) is 0 Å². The maximum Gasteiger partial charge on any atom is 0.225 e. The molecule has 0 aliphatic heterocycles. The van der Waals surface area contributed by atoms with Crippen LogP contribution >= 0.6 is 11.6 Å². The minimum atomic E-state index is -0.135. The Labute approximate surface area is 112 Å². The molecule has 98 valence electrons.